The van der Waals surface area contributed by atoms with E-state index in [0.717, 1.165) is 34.1 Å². The summed E-state index contributed by atoms with van der Waals surface area (Å²) < 4.78 is 12.7. The molecule has 6 nitrogen and oxygen atoms in total. The van der Waals surface area contributed by atoms with Gasteiger partial charge in [-0.3, -0.25) is 4.99 Å². The average Bonchev–Trinajstić information content (AvgIpc) is 3.23. The van der Waals surface area contributed by atoms with Crippen LogP contribution in [0, 0.1) is 13.8 Å². The minimum Gasteiger partial charge on any atom is -0.478 e. The second kappa shape index (κ2) is 6.64. The SMILES string of the molecule is Cc1cc(C=Nc2ccc3c(c2)OCO3)c(C)n1-c1cccc(C(=O)O)c1. The molecule has 0 saturated heterocycles. The van der Waals surface area contributed by atoms with Crippen LogP contribution in [0.4, 0.5) is 5.69 Å². The van der Waals surface area contributed by atoms with E-state index in [2.05, 4.69) is 4.99 Å². The number of hydrogen-bond acceptors (Lipinski definition) is 4. The molecule has 4 rings (SSSR count). The fourth-order valence-electron chi connectivity index (χ4n) is 3.20. The maximum atomic E-state index is 11.3. The highest BCUT2D eigenvalue weighted by Crippen LogP contribution is 2.35. The predicted octanol–water partition coefficient (Wildman–Crippen LogP) is 4.27. The summed E-state index contributed by atoms with van der Waals surface area (Å²) in [6.45, 7) is 4.21. The Morgan fingerprint density at radius 3 is 2.74 bits per heavy atom. The first-order valence-corrected chi connectivity index (χ1v) is 8.49. The van der Waals surface area contributed by atoms with E-state index in [1.165, 1.54) is 0 Å². The Bertz CT molecular complexity index is 1070. The third kappa shape index (κ3) is 3.17. The molecule has 0 spiro atoms. The Morgan fingerprint density at radius 2 is 1.93 bits per heavy atom. The van der Waals surface area contributed by atoms with Crippen molar-refractivity contribution in [3.8, 4) is 17.2 Å². The van der Waals surface area contributed by atoms with Gasteiger partial charge in [0.05, 0.1) is 11.3 Å². The standard InChI is InChI=1S/C21H18N2O4/c1-13-8-16(11-22-17-6-7-19-20(10-17)27-12-26-19)14(2)23(13)18-5-3-4-15(9-18)21(24)25/h3-11H,12H2,1-2H3,(H,24,25). The van der Waals surface area contributed by atoms with E-state index in [0.29, 0.717) is 5.75 Å². The molecule has 0 saturated carbocycles. The molecule has 0 fully saturated rings. The molecule has 1 aliphatic heterocycles. The summed E-state index contributed by atoms with van der Waals surface area (Å²) in [5.74, 6) is 0.481. The second-order valence-corrected chi connectivity index (χ2v) is 6.31. The van der Waals surface area contributed by atoms with Crippen molar-refractivity contribution in [3.63, 3.8) is 0 Å². The second-order valence-electron chi connectivity index (χ2n) is 6.31. The summed E-state index contributed by atoms with van der Waals surface area (Å²) in [5.41, 5.74) is 4.80. The van der Waals surface area contributed by atoms with Crippen molar-refractivity contribution >= 4 is 17.9 Å². The number of aromatic carboxylic acids is 1. The zero-order chi connectivity index (χ0) is 19.0. The number of fused-ring (bicyclic) bond motifs is 1. The van der Waals surface area contributed by atoms with Crippen molar-refractivity contribution in [3.05, 3.63) is 71.0 Å². The van der Waals surface area contributed by atoms with Crippen molar-refractivity contribution in [2.75, 3.05) is 6.79 Å². The summed E-state index contributed by atoms with van der Waals surface area (Å²) in [6, 6.07) is 14.5. The molecule has 0 bridgehead atoms. The molecule has 0 atom stereocenters. The minimum atomic E-state index is -0.941. The van der Waals surface area contributed by atoms with Crippen LogP contribution in [0.25, 0.3) is 5.69 Å². The van der Waals surface area contributed by atoms with E-state index in [9.17, 15) is 9.90 Å². The van der Waals surface area contributed by atoms with Gasteiger partial charge in [0.25, 0.3) is 0 Å². The molecule has 0 radical (unpaired) electrons. The van der Waals surface area contributed by atoms with Gasteiger partial charge in [0.2, 0.25) is 6.79 Å². The first-order chi connectivity index (χ1) is 13.0. The van der Waals surface area contributed by atoms with Crippen LogP contribution in [0.1, 0.15) is 27.3 Å². The largest absolute Gasteiger partial charge is 0.478 e. The number of rotatable bonds is 4. The van der Waals surface area contributed by atoms with Crippen molar-refractivity contribution in [1.29, 1.82) is 0 Å². The molecule has 1 aliphatic rings. The van der Waals surface area contributed by atoms with Crippen molar-refractivity contribution < 1.29 is 19.4 Å². The van der Waals surface area contributed by atoms with E-state index in [1.807, 2.05) is 48.7 Å². The first-order valence-electron chi connectivity index (χ1n) is 8.49. The normalized spacial score (nSPS) is 12.7. The number of nitrogens with zero attached hydrogens (tertiary/aromatic N) is 2. The molecule has 0 unspecified atom stereocenters. The Balaban J connectivity index is 1.67. The molecule has 0 amide bonds. The summed E-state index contributed by atoms with van der Waals surface area (Å²) in [5, 5.41) is 9.23. The Kier molecular flexibility index (Phi) is 4.16. The van der Waals surface area contributed by atoms with E-state index < -0.39 is 5.97 Å². The highest BCUT2D eigenvalue weighted by molar-refractivity contribution is 5.88. The number of aryl methyl sites for hydroxylation is 1. The van der Waals surface area contributed by atoms with Gasteiger partial charge in [-0.05, 0) is 50.2 Å². The number of carbonyl (C=O) groups is 1. The van der Waals surface area contributed by atoms with Gasteiger partial charge in [-0.25, -0.2) is 4.79 Å². The fraction of sp³-hybridized carbons (Fsp3) is 0.143. The van der Waals surface area contributed by atoms with E-state index in [-0.39, 0.29) is 12.4 Å². The van der Waals surface area contributed by atoms with Crippen molar-refractivity contribution in [1.82, 2.24) is 4.57 Å². The summed E-state index contributed by atoms with van der Waals surface area (Å²) in [7, 11) is 0. The zero-order valence-electron chi connectivity index (χ0n) is 15.0. The lowest BCUT2D eigenvalue weighted by Gasteiger charge is -2.10. The molecule has 3 aromatic rings. The maximum absolute atomic E-state index is 11.3. The lowest BCUT2D eigenvalue weighted by molar-refractivity contribution is 0.0697. The molecule has 27 heavy (non-hydrogen) atoms. The van der Waals surface area contributed by atoms with Gasteiger partial charge in [0.15, 0.2) is 11.5 Å². The molecule has 1 aromatic heterocycles. The van der Waals surface area contributed by atoms with Crippen molar-refractivity contribution in [2.24, 2.45) is 4.99 Å². The highest BCUT2D eigenvalue weighted by atomic mass is 16.7. The van der Waals surface area contributed by atoms with Gasteiger partial charge in [0.1, 0.15) is 0 Å². The van der Waals surface area contributed by atoms with Gasteiger partial charge in [-0.1, -0.05) is 6.07 Å². The van der Waals surface area contributed by atoms with Crippen LogP contribution in [-0.2, 0) is 0 Å². The third-order valence-electron chi connectivity index (χ3n) is 4.53. The molecule has 2 aromatic carbocycles. The maximum Gasteiger partial charge on any atom is 0.335 e. The highest BCUT2D eigenvalue weighted by Gasteiger charge is 2.14. The number of aromatic nitrogens is 1. The number of ether oxygens (including phenoxy) is 2. The summed E-state index contributed by atoms with van der Waals surface area (Å²) in [6.07, 6.45) is 1.80. The smallest absolute Gasteiger partial charge is 0.335 e. The Hall–Kier alpha value is -3.54. The van der Waals surface area contributed by atoms with Gasteiger partial charge in [-0.2, -0.15) is 0 Å². The van der Waals surface area contributed by atoms with E-state index in [4.69, 9.17) is 9.47 Å². The molecule has 0 aliphatic carbocycles. The molecule has 1 N–H and O–H groups in total. The van der Waals surface area contributed by atoms with Crippen LogP contribution >= 0.6 is 0 Å². The van der Waals surface area contributed by atoms with E-state index >= 15 is 0 Å². The van der Waals surface area contributed by atoms with Crippen LogP contribution in [0.2, 0.25) is 0 Å². The summed E-state index contributed by atoms with van der Waals surface area (Å²) >= 11 is 0. The van der Waals surface area contributed by atoms with Gasteiger partial charge in [0, 0.05) is 34.9 Å². The number of carboxylic acid groups (broad SMARTS) is 1. The van der Waals surface area contributed by atoms with Crippen LogP contribution in [0.5, 0.6) is 11.5 Å². The zero-order valence-corrected chi connectivity index (χ0v) is 15.0. The van der Waals surface area contributed by atoms with Crippen molar-refractivity contribution in [2.45, 2.75) is 13.8 Å². The number of carboxylic acids is 1. The lowest BCUT2D eigenvalue weighted by Crippen LogP contribution is -2.02. The van der Waals surface area contributed by atoms with E-state index in [1.54, 1.807) is 24.4 Å². The summed E-state index contributed by atoms with van der Waals surface area (Å²) in [4.78, 5) is 15.8. The molecular formula is C21H18N2O4. The fourth-order valence-corrected chi connectivity index (χ4v) is 3.20. The Labute approximate surface area is 156 Å². The predicted molar refractivity (Wildman–Crippen MR) is 102 cm³/mol. The lowest BCUT2D eigenvalue weighted by atomic mass is 10.2. The molecule has 2 heterocycles. The topological polar surface area (TPSA) is 73.0 Å². The molecular weight excluding hydrogens is 344 g/mol. The van der Waals surface area contributed by atoms with Crippen LogP contribution in [0.15, 0.2) is 53.5 Å². The number of benzene rings is 2. The number of hydrogen-bond donors (Lipinski definition) is 1. The average molecular weight is 362 g/mol. The first kappa shape index (κ1) is 16.9. The Morgan fingerprint density at radius 1 is 1.11 bits per heavy atom. The van der Waals surface area contributed by atoms with Crippen LogP contribution in [-0.4, -0.2) is 28.7 Å². The molecule has 136 valence electrons. The van der Waals surface area contributed by atoms with Gasteiger partial charge in [-0.15, -0.1) is 0 Å². The minimum absolute atomic E-state index is 0.235. The van der Waals surface area contributed by atoms with Gasteiger partial charge < -0.3 is 19.1 Å². The monoisotopic (exact) mass is 362 g/mol. The third-order valence-corrected chi connectivity index (χ3v) is 4.53. The van der Waals surface area contributed by atoms with Gasteiger partial charge >= 0.3 is 5.97 Å². The quantitative estimate of drug-likeness (QED) is 0.704. The van der Waals surface area contributed by atoms with Crippen LogP contribution in [0.3, 0.4) is 0 Å². The van der Waals surface area contributed by atoms with Crippen LogP contribution < -0.4 is 9.47 Å². The molecule has 6 heteroatoms. The number of aliphatic imine (C=N–C) groups is 1.